The lowest BCUT2D eigenvalue weighted by atomic mass is 10.1. The molecule has 2 rings (SSSR count). The van der Waals surface area contributed by atoms with Gasteiger partial charge in [-0.15, -0.1) is 0 Å². The lowest BCUT2D eigenvalue weighted by Crippen LogP contribution is -2.31. The predicted molar refractivity (Wildman–Crippen MR) is 68.5 cm³/mol. The summed E-state index contributed by atoms with van der Waals surface area (Å²) < 4.78 is 13.9. The van der Waals surface area contributed by atoms with E-state index in [2.05, 4.69) is 23.9 Å². The Morgan fingerprint density at radius 2 is 2.28 bits per heavy atom. The third-order valence-corrected chi connectivity index (χ3v) is 3.57. The smallest absolute Gasteiger partial charge is 0.145 e. The highest BCUT2D eigenvalue weighted by atomic mass is 19.1. The molecule has 1 fully saturated rings. The average Bonchev–Trinajstić information content (AvgIpc) is 2.80. The number of halogens is 1. The molecule has 96 valence electrons. The number of hydrogen-bond donors (Lipinski definition) is 0. The van der Waals surface area contributed by atoms with Gasteiger partial charge in [0.1, 0.15) is 11.9 Å². The predicted octanol–water partition coefficient (Wildman–Crippen LogP) is 1.83. The molecule has 0 amide bonds. The molecule has 1 aromatic carbocycles. The number of likely N-dealkylation sites (tertiary alicyclic amines) is 1. The highest BCUT2D eigenvalue weighted by Gasteiger charge is 2.24. The Kier molecular flexibility index (Phi) is 3.95. The van der Waals surface area contributed by atoms with Crippen LogP contribution in [0.5, 0.6) is 0 Å². The molecule has 4 heteroatoms. The minimum absolute atomic E-state index is 0.135. The van der Waals surface area contributed by atoms with Crippen molar-refractivity contribution in [3.8, 4) is 6.07 Å². The molecule has 1 aliphatic rings. The van der Waals surface area contributed by atoms with Gasteiger partial charge < -0.3 is 4.90 Å². The summed E-state index contributed by atoms with van der Waals surface area (Å²) in [6.45, 7) is 2.54. The first-order valence-corrected chi connectivity index (χ1v) is 6.18. The van der Waals surface area contributed by atoms with Crippen molar-refractivity contribution in [2.24, 2.45) is 0 Å². The average molecular weight is 247 g/mol. The highest BCUT2D eigenvalue weighted by molar-refractivity contribution is 5.34. The summed E-state index contributed by atoms with van der Waals surface area (Å²) in [6, 6.07) is 7.46. The maximum Gasteiger partial charge on any atom is 0.145 e. The van der Waals surface area contributed by atoms with Crippen LogP contribution in [0, 0.1) is 17.1 Å². The Labute approximate surface area is 107 Å². The molecule has 1 aromatic rings. The molecule has 0 N–H and O–H groups in total. The minimum Gasteiger partial charge on any atom is -0.305 e. The molecule has 0 saturated carbocycles. The SMILES string of the molecule is CN(C)C1CCN(Cc2cccc(C#N)c2F)C1. The molecular weight excluding hydrogens is 229 g/mol. The van der Waals surface area contributed by atoms with E-state index >= 15 is 0 Å². The number of nitriles is 1. The van der Waals surface area contributed by atoms with E-state index in [9.17, 15) is 4.39 Å². The number of benzene rings is 1. The van der Waals surface area contributed by atoms with Crippen LogP contribution in [-0.2, 0) is 6.54 Å². The zero-order chi connectivity index (χ0) is 13.1. The van der Waals surface area contributed by atoms with Gasteiger partial charge in [0.15, 0.2) is 0 Å². The van der Waals surface area contributed by atoms with Crippen LogP contribution in [0.15, 0.2) is 18.2 Å². The molecule has 0 aromatic heterocycles. The number of rotatable bonds is 3. The molecule has 0 spiro atoms. The first-order chi connectivity index (χ1) is 8.61. The Morgan fingerprint density at radius 3 is 2.89 bits per heavy atom. The third kappa shape index (κ3) is 2.69. The largest absolute Gasteiger partial charge is 0.305 e. The second-order valence-electron chi connectivity index (χ2n) is 5.03. The van der Waals surface area contributed by atoms with E-state index in [4.69, 9.17) is 5.26 Å². The zero-order valence-corrected chi connectivity index (χ0v) is 10.9. The Morgan fingerprint density at radius 1 is 1.50 bits per heavy atom. The summed E-state index contributed by atoms with van der Waals surface area (Å²) >= 11 is 0. The molecule has 1 aliphatic heterocycles. The second-order valence-corrected chi connectivity index (χ2v) is 5.03. The number of likely N-dealkylation sites (N-methyl/N-ethyl adjacent to an activating group) is 1. The van der Waals surface area contributed by atoms with Crippen LogP contribution in [0.3, 0.4) is 0 Å². The fraction of sp³-hybridized carbons (Fsp3) is 0.500. The lowest BCUT2D eigenvalue weighted by molar-refractivity contribution is 0.263. The normalized spacial score (nSPS) is 20.3. The van der Waals surface area contributed by atoms with Gasteiger partial charge in [0.2, 0.25) is 0 Å². The van der Waals surface area contributed by atoms with E-state index in [1.54, 1.807) is 12.1 Å². The van der Waals surface area contributed by atoms with Crippen LogP contribution in [0.4, 0.5) is 4.39 Å². The van der Waals surface area contributed by atoms with Crippen molar-refractivity contribution in [1.29, 1.82) is 5.26 Å². The molecule has 1 unspecified atom stereocenters. The van der Waals surface area contributed by atoms with Gasteiger partial charge in [0.25, 0.3) is 0 Å². The molecule has 1 heterocycles. The zero-order valence-electron chi connectivity index (χ0n) is 10.9. The van der Waals surface area contributed by atoms with Crippen LogP contribution >= 0.6 is 0 Å². The monoisotopic (exact) mass is 247 g/mol. The van der Waals surface area contributed by atoms with Crippen LogP contribution in [0.1, 0.15) is 17.5 Å². The van der Waals surface area contributed by atoms with Gasteiger partial charge in [-0.25, -0.2) is 4.39 Å². The van der Waals surface area contributed by atoms with Crippen molar-refractivity contribution < 1.29 is 4.39 Å². The lowest BCUT2D eigenvalue weighted by Gasteiger charge is -2.20. The standard InChI is InChI=1S/C14H18FN3/c1-17(2)13-6-7-18(10-13)9-12-5-3-4-11(8-16)14(12)15/h3-5,13H,6-7,9-10H2,1-2H3. The summed E-state index contributed by atoms with van der Waals surface area (Å²) in [6.07, 6.45) is 1.12. The molecule has 1 atom stereocenters. The quantitative estimate of drug-likeness (QED) is 0.816. The van der Waals surface area contributed by atoms with Crippen molar-refractivity contribution in [3.05, 3.63) is 35.1 Å². The van der Waals surface area contributed by atoms with Gasteiger partial charge in [0, 0.05) is 31.2 Å². The van der Waals surface area contributed by atoms with Gasteiger partial charge >= 0.3 is 0 Å². The minimum atomic E-state index is -0.367. The van der Waals surface area contributed by atoms with E-state index < -0.39 is 0 Å². The topological polar surface area (TPSA) is 30.3 Å². The summed E-state index contributed by atoms with van der Waals surface area (Å²) in [5.74, 6) is -0.367. The maximum absolute atomic E-state index is 13.9. The van der Waals surface area contributed by atoms with Crippen LogP contribution in [0.2, 0.25) is 0 Å². The molecule has 3 nitrogen and oxygen atoms in total. The first kappa shape index (κ1) is 13.0. The Bertz CT molecular complexity index is 465. The van der Waals surface area contributed by atoms with Gasteiger partial charge in [-0.05, 0) is 26.6 Å². The summed E-state index contributed by atoms with van der Waals surface area (Å²) in [4.78, 5) is 4.45. The van der Waals surface area contributed by atoms with Gasteiger partial charge in [-0.3, -0.25) is 4.90 Å². The Balaban J connectivity index is 2.05. The fourth-order valence-corrected chi connectivity index (χ4v) is 2.41. The van der Waals surface area contributed by atoms with Crippen LogP contribution < -0.4 is 0 Å². The molecule has 0 aliphatic carbocycles. The molecule has 0 bridgehead atoms. The molecule has 18 heavy (non-hydrogen) atoms. The van der Waals surface area contributed by atoms with E-state index in [0.717, 1.165) is 19.5 Å². The van der Waals surface area contributed by atoms with Gasteiger partial charge in [-0.1, -0.05) is 12.1 Å². The molecule has 0 radical (unpaired) electrons. The summed E-state index contributed by atoms with van der Waals surface area (Å²) in [7, 11) is 4.15. The summed E-state index contributed by atoms with van der Waals surface area (Å²) in [5, 5.41) is 8.81. The van der Waals surface area contributed by atoms with E-state index in [0.29, 0.717) is 18.2 Å². The van der Waals surface area contributed by atoms with Crippen molar-refractivity contribution in [2.75, 3.05) is 27.2 Å². The van der Waals surface area contributed by atoms with Crippen molar-refractivity contribution in [2.45, 2.75) is 19.0 Å². The number of hydrogen-bond acceptors (Lipinski definition) is 3. The van der Waals surface area contributed by atoms with Crippen molar-refractivity contribution in [1.82, 2.24) is 9.80 Å². The molecular formula is C14H18FN3. The van der Waals surface area contributed by atoms with Crippen LogP contribution in [-0.4, -0.2) is 43.0 Å². The second kappa shape index (κ2) is 5.47. The number of nitrogens with zero attached hydrogens (tertiary/aromatic N) is 3. The first-order valence-electron chi connectivity index (χ1n) is 6.18. The van der Waals surface area contributed by atoms with Gasteiger partial charge in [0.05, 0.1) is 5.56 Å². The third-order valence-electron chi connectivity index (χ3n) is 3.57. The fourth-order valence-electron chi connectivity index (χ4n) is 2.41. The van der Waals surface area contributed by atoms with E-state index in [-0.39, 0.29) is 11.4 Å². The van der Waals surface area contributed by atoms with E-state index in [1.807, 2.05) is 6.07 Å². The molecule has 1 saturated heterocycles. The van der Waals surface area contributed by atoms with Crippen molar-refractivity contribution >= 4 is 0 Å². The van der Waals surface area contributed by atoms with Crippen molar-refractivity contribution in [3.63, 3.8) is 0 Å². The van der Waals surface area contributed by atoms with Gasteiger partial charge in [-0.2, -0.15) is 5.26 Å². The van der Waals surface area contributed by atoms with E-state index in [1.165, 1.54) is 6.07 Å². The Hall–Kier alpha value is -1.44. The summed E-state index contributed by atoms with van der Waals surface area (Å²) in [5.41, 5.74) is 0.754. The highest BCUT2D eigenvalue weighted by Crippen LogP contribution is 2.19. The van der Waals surface area contributed by atoms with Crippen LogP contribution in [0.25, 0.3) is 0 Å². The maximum atomic E-state index is 13.9.